The third-order valence-corrected chi connectivity index (χ3v) is 4.17. The van der Waals surface area contributed by atoms with Gasteiger partial charge in [0.05, 0.1) is 12.0 Å². The third-order valence-electron chi connectivity index (χ3n) is 2.77. The molecule has 0 unspecified atom stereocenters. The van der Waals surface area contributed by atoms with Gasteiger partial charge in [-0.25, -0.2) is 13.1 Å². The highest BCUT2D eigenvalue weighted by Gasteiger charge is 2.14. The van der Waals surface area contributed by atoms with Crippen molar-refractivity contribution in [3.05, 3.63) is 54.1 Å². The quantitative estimate of drug-likeness (QED) is 0.823. The molecule has 0 amide bonds. The lowest BCUT2D eigenvalue weighted by atomic mass is 10.2. The number of anilines is 1. The number of rotatable bonds is 5. The maximum atomic E-state index is 12.2. The molecule has 0 saturated carbocycles. The van der Waals surface area contributed by atoms with Gasteiger partial charge in [0.2, 0.25) is 10.0 Å². The Bertz CT molecular complexity index is 699. The van der Waals surface area contributed by atoms with Crippen LogP contribution in [0, 0.1) is 0 Å². The average Bonchev–Trinajstić information content (AvgIpc) is 2.45. The van der Waals surface area contributed by atoms with Gasteiger partial charge in [-0.05, 0) is 29.8 Å². The number of sulfonamides is 1. The van der Waals surface area contributed by atoms with E-state index in [9.17, 15) is 8.42 Å². The largest absolute Gasteiger partial charge is 0.497 e. The lowest BCUT2D eigenvalue weighted by Crippen LogP contribution is -2.23. The number of hydrogen-bond acceptors (Lipinski definition) is 4. The third kappa shape index (κ3) is 3.49. The van der Waals surface area contributed by atoms with Crippen LogP contribution in [0.2, 0.25) is 0 Å². The molecule has 0 aliphatic heterocycles. The highest BCUT2D eigenvalue weighted by atomic mass is 32.2. The molecule has 2 rings (SSSR count). The van der Waals surface area contributed by atoms with Gasteiger partial charge in [0.15, 0.2) is 0 Å². The van der Waals surface area contributed by atoms with Crippen molar-refractivity contribution < 1.29 is 13.2 Å². The van der Waals surface area contributed by atoms with Crippen molar-refractivity contribution in [3.8, 4) is 5.75 Å². The first-order chi connectivity index (χ1) is 9.51. The van der Waals surface area contributed by atoms with Crippen LogP contribution < -0.4 is 15.2 Å². The minimum absolute atomic E-state index is 0.167. The monoisotopic (exact) mass is 292 g/mol. The Morgan fingerprint density at radius 2 is 1.90 bits per heavy atom. The van der Waals surface area contributed by atoms with E-state index >= 15 is 0 Å². The van der Waals surface area contributed by atoms with Gasteiger partial charge in [-0.2, -0.15) is 0 Å². The molecule has 0 aliphatic rings. The SMILES string of the molecule is COc1cccc(S(=O)(=O)NCc2cccc(N)c2)c1. The fourth-order valence-corrected chi connectivity index (χ4v) is 2.79. The Kier molecular flexibility index (Phi) is 4.26. The van der Waals surface area contributed by atoms with E-state index in [1.807, 2.05) is 6.07 Å². The smallest absolute Gasteiger partial charge is 0.241 e. The van der Waals surface area contributed by atoms with Crippen LogP contribution >= 0.6 is 0 Å². The van der Waals surface area contributed by atoms with Gasteiger partial charge >= 0.3 is 0 Å². The summed E-state index contributed by atoms with van der Waals surface area (Å²) in [4.78, 5) is 0.167. The van der Waals surface area contributed by atoms with Crippen molar-refractivity contribution in [2.24, 2.45) is 0 Å². The Labute approximate surface area is 118 Å². The second-order valence-electron chi connectivity index (χ2n) is 4.25. The molecule has 0 aliphatic carbocycles. The number of ether oxygens (including phenoxy) is 1. The van der Waals surface area contributed by atoms with Gasteiger partial charge < -0.3 is 10.5 Å². The van der Waals surface area contributed by atoms with E-state index in [2.05, 4.69) is 4.72 Å². The number of nitrogens with one attached hydrogen (secondary N) is 1. The molecule has 0 atom stereocenters. The Morgan fingerprint density at radius 1 is 1.15 bits per heavy atom. The van der Waals surface area contributed by atoms with Crippen LogP contribution in [0.15, 0.2) is 53.4 Å². The fourth-order valence-electron chi connectivity index (χ4n) is 1.73. The molecule has 2 aromatic carbocycles. The molecule has 106 valence electrons. The van der Waals surface area contributed by atoms with E-state index in [1.165, 1.54) is 19.2 Å². The zero-order valence-corrected chi connectivity index (χ0v) is 11.9. The van der Waals surface area contributed by atoms with E-state index in [1.54, 1.807) is 30.3 Å². The van der Waals surface area contributed by atoms with Crippen molar-refractivity contribution in [1.29, 1.82) is 0 Å². The molecule has 0 aromatic heterocycles. The maximum absolute atomic E-state index is 12.2. The second kappa shape index (κ2) is 5.94. The van der Waals surface area contributed by atoms with Crippen LogP contribution in [0.5, 0.6) is 5.75 Å². The number of nitrogens with two attached hydrogens (primary N) is 1. The van der Waals surface area contributed by atoms with Crippen LogP contribution in [0.1, 0.15) is 5.56 Å². The summed E-state index contributed by atoms with van der Waals surface area (Å²) < 4.78 is 31.9. The van der Waals surface area contributed by atoms with Crippen molar-refractivity contribution in [2.75, 3.05) is 12.8 Å². The topological polar surface area (TPSA) is 81.4 Å². The van der Waals surface area contributed by atoms with Crippen molar-refractivity contribution in [2.45, 2.75) is 11.4 Å². The van der Waals surface area contributed by atoms with Gasteiger partial charge in [-0.1, -0.05) is 18.2 Å². The minimum atomic E-state index is -3.57. The molecule has 0 radical (unpaired) electrons. The molecule has 0 heterocycles. The lowest BCUT2D eigenvalue weighted by Gasteiger charge is -2.08. The lowest BCUT2D eigenvalue weighted by molar-refractivity contribution is 0.413. The highest BCUT2D eigenvalue weighted by Crippen LogP contribution is 2.17. The van der Waals surface area contributed by atoms with E-state index in [0.717, 1.165) is 5.56 Å². The predicted molar refractivity (Wildman–Crippen MR) is 77.9 cm³/mol. The zero-order chi connectivity index (χ0) is 14.6. The molecule has 2 aromatic rings. The summed E-state index contributed by atoms with van der Waals surface area (Å²) in [6.45, 7) is 0.185. The Morgan fingerprint density at radius 3 is 2.60 bits per heavy atom. The van der Waals surface area contributed by atoms with E-state index in [0.29, 0.717) is 11.4 Å². The van der Waals surface area contributed by atoms with E-state index in [4.69, 9.17) is 10.5 Å². The number of methoxy groups -OCH3 is 1. The van der Waals surface area contributed by atoms with Crippen molar-refractivity contribution in [1.82, 2.24) is 4.72 Å². The van der Waals surface area contributed by atoms with Gasteiger partial charge in [-0.15, -0.1) is 0 Å². The van der Waals surface area contributed by atoms with Gasteiger partial charge in [0, 0.05) is 18.3 Å². The number of hydrogen-bond donors (Lipinski definition) is 2. The average molecular weight is 292 g/mol. The summed E-state index contributed by atoms with van der Waals surface area (Å²) in [5.74, 6) is 0.497. The molecule has 3 N–H and O–H groups in total. The molecule has 0 spiro atoms. The maximum Gasteiger partial charge on any atom is 0.241 e. The summed E-state index contributed by atoms with van der Waals surface area (Å²) in [5, 5.41) is 0. The Hall–Kier alpha value is -2.05. The first kappa shape index (κ1) is 14.4. The number of nitrogen functional groups attached to an aromatic ring is 1. The molecule has 20 heavy (non-hydrogen) atoms. The van der Waals surface area contributed by atoms with Crippen LogP contribution in [-0.2, 0) is 16.6 Å². The molecule has 5 nitrogen and oxygen atoms in total. The first-order valence-corrected chi connectivity index (χ1v) is 7.48. The molecule has 0 fully saturated rings. The van der Waals surface area contributed by atoms with Crippen LogP contribution in [0.3, 0.4) is 0 Å². The van der Waals surface area contributed by atoms with E-state index < -0.39 is 10.0 Å². The minimum Gasteiger partial charge on any atom is -0.497 e. The Balaban J connectivity index is 2.15. The molecular weight excluding hydrogens is 276 g/mol. The van der Waals surface area contributed by atoms with Gasteiger partial charge in [0.25, 0.3) is 0 Å². The number of benzene rings is 2. The summed E-state index contributed by atoms with van der Waals surface area (Å²) in [5.41, 5.74) is 7.06. The van der Waals surface area contributed by atoms with Crippen LogP contribution in [0.4, 0.5) is 5.69 Å². The van der Waals surface area contributed by atoms with Gasteiger partial charge in [0.1, 0.15) is 5.75 Å². The highest BCUT2D eigenvalue weighted by molar-refractivity contribution is 7.89. The van der Waals surface area contributed by atoms with Gasteiger partial charge in [-0.3, -0.25) is 0 Å². The summed E-state index contributed by atoms with van der Waals surface area (Å²) in [7, 11) is -2.08. The van der Waals surface area contributed by atoms with Crippen molar-refractivity contribution in [3.63, 3.8) is 0 Å². The standard InChI is InChI=1S/C14H16N2O3S/c1-19-13-6-3-7-14(9-13)20(17,18)16-10-11-4-2-5-12(15)8-11/h2-9,16H,10,15H2,1H3. The summed E-state index contributed by atoms with van der Waals surface area (Å²) in [6, 6.07) is 13.4. The second-order valence-corrected chi connectivity index (χ2v) is 6.02. The van der Waals surface area contributed by atoms with Crippen LogP contribution in [0.25, 0.3) is 0 Å². The van der Waals surface area contributed by atoms with E-state index in [-0.39, 0.29) is 11.4 Å². The molecular formula is C14H16N2O3S. The molecule has 6 heteroatoms. The summed E-state index contributed by atoms with van der Waals surface area (Å²) >= 11 is 0. The predicted octanol–water partition coefficient (Wildman–Crippen LogP) is 1.76. The first-order valence-electron chi connectivity index (χ1n) is 5.99. The molecule has 0 saturated heterocycles. The fraction of sp³-hybridized carbons (Fsp3) is 0.143. The normalized spacial score (nSPS) is 11.2. The van der Waals surface area contributed by atoms with Crippen LogP contribution in [-0.4, -0.2) is 15.5 Å². The molecule has 0 bridgehead atoms. The summed E-state index contributed by atoms with van der Waals surface area (Å²) in [6.07, 6.45) is 0. The van der Waals surface area contributed by atoms with Crippen molar-refractivity contribution >= 4 is 15.7 Å². The zero-order valence-electron chi connectivity index (χ0n) is 11.0.